The highest BCUT2D eigenvalue weighted by Crippen LogP contribution is 2.23. The number of aromatic amines is 1. The lowest BCUT2D eigenvalue weighted by Crippen LogP contribution is -2.48. The molecule has 1 aliphatic heterocycles. The van der Waals surface area contributed by atoms with Crippen molar-refractivity contribution in [1.29, 1.82) is 0 Å². The van der Waals surface area contributed by atoms with Gasteiger partial charge in [0.25, 0.3) is 5.91 Å². The van der Waals surface area contributed by atoms with Gasteiger partial charge in [0.2, 0.25) is 5.91 Å². The van der Waals surface area contributed by atoms with E-state index in [0.29, 0.717) is 25.1 Å². The average Bonchev–Trinajstić information content (AvgIpc) is 3.05. The summed E-state index contributed by atoms with van der Waals surface area (Å²) in [7, 11) is 0. The molecule has 0 spiro atoms. The number of likely N-dealkylation sites (tertiary alicyclic amines) is 1. The first-order valence-corrected chi connectivity index (χ1v) is 7.45. The molecule has 128 valence electrons. The first-order chi connectivity index (χ1) is 10.8. The molecule has 1 N–H and O–H groups in total. The van der Waals surface area contributed by atoms with Crippen molar-refractivity contribution >= 4 is 11.8 Å². The van der Waals surface area contributed by atoms with Gasteiger partial charge >= 0.3 is 6.18 Å². The van der Waals surface area contributed by atoms with Crippen molar-refractivity contribution in [3.63, 3.8) is 0 Å². The van der Waals surface area contributed by atoms with Crippen LogP contribution in [0.5, 0.6) is 0 Å². The summed E-state index contributed by atoms with van der Waals surface area (Å²) in [6, 6.07) is 0. The van der Waals surface area contributed by atoms with Crippen LogP contribution in [0.15, 0.2) is 12.5 Å². The lowest BCUT2D eigenvalue weighted by atomic mass is 9.96. The van der Waals surface area contributed by atoms with Crippen LogP contribution in [0.2, 0.25) is 0 Å². The molecule has 0 aromatic carbocycles. The Bertz CT molecular complexity index is 545. The summed E-state index contributed by atoms with van der Waals surface area (Å²) in [5, 5.41) is 0. The smallest absolute Gasteiger partial charge is 0.341 e. The Kier molecular flexibility index (Phi) is 5.27. The molecule has 1 saturated heterocycles. The van der Waals surface area contributed by atoms with E-state index in [1.165, 1.54) is 24.3 Å². The van der Waals surface area contributed by atoms with Crippen molar-refractivity contribution in [2.45, 2.75) is 25.9 Å². The number of H-pyrrole nitrogens is 1. The number of carbonyl (C=O) groups is 2. The number of imidazole rings is 1. The van der Waals surface area contributed by atoms with Gasteiger partial charge in [-0.05, 0) is 19.8 Å². The summed E-state index contributed by atoms with van der Waals surface area (Å²) in [5.41, 5.74) is 0.306. The molecular weight excluding hydrogens is 313 g/mol. The Hall–Kier alpha value is -2.06. The largest absolute Gasteiger partial charge is 0.406 e. The van der Waals surface area contributed by atoms with E-state index in [1.54, 1.807) is 0 Å². The molecule has 2 amide bonds. The average molecular weight is 332 g/mol. The minimum absolute atomic E-state index is 0.0106. The zero-order chi connectivity index (χ0) is 17.0. The zero-order valence-electron chi connectivity index (χ0n) is 12.8. The fraction of sp³-hybridized carbons (Fsp3) is 0.643. The van der Waals surface area contributed by atoms with Gasteiger partial charge in [-0.25, -0.2) is 4.98 Å². The molecule has 1 fully saturated rings. The van der Waals surface area contributed by atoms with Gasteiger partial charge < -0.3 is 14.8 Å². The number of piperidine rings is 1. The first kappa shape index (κ1) is 17.3. The highest BCUT2D eigenvalue weighted by molar-refractivity contribution is 5.92. The number of nitrogens with one attached hydrogen (secondary N) is 1. The van der Waals surface area contributed by atoms with Crippen molar-refractivity contribution in [2.24, 2.45) is 5.92 Å². The van der Waals surface area contributed by atoms with Gasteiger partial charge in [-0.15, -0.1) is 0 Å². The van der Waals surface area contributed by atoms with E-state index in [1.807, 2.05) is 0 Å². The van der Waals surface area contributed by atoms with Crippen LogP contribution in [-0.2, 0) is 4.79 Å². The number of amides is 2. The van der Waals surface area contributed by atoms with E-state index < -0.39 is 24.5 Å². The number of hydrogen-bond donors (Lipinski definition) is 1. The lowest BCUT2D eigenvalue weighted by Gasteiger charge is -2.34. The van der Waals surface area contributed by atoms with Gasteiger partial charge in [0.15, 0.2) is 0 Å². The van der Waals surface area contributed by atoms with Gasteiger partial charge in [0, 0.05) is 19.6 Å². The second-order valence-electron chi connectivity index (χ2n) is 5.52. The molecule has 0 bridgehead atoms. The number of aromatic nitrogens is 2. The number of hydrogen-bond acceptors (Lipinski definition) is 3. The van der Waals surface area contributed by atoms with Crippen molar-refractivity contribution in [3.05, 3.63) is 18.2 Å². The van der Waals surface area contributed by atoms with E-state index >= 15 is 0 Å². The maximum Gasteiger partial charge on any atom is 0.406 e. The molecule has 0 saturated carbocycles. The molecule has 0 radical (unpaired) electrons. The Balaban J connectivity index is 2.02. The van der Waals surface area contributed by atoms with E-state index in [0.717, 1.165) is 4.90 Å². The Morgan fingerprint density at radius 2 is 2.22 bits per heavy atom. The number of halogens is 3. The first-order valence-electron chi connectivity index (χ1n) is 7.45. The van der Waals surface area contributed by atoms with Crippen LogP contribution in [0, 0.1) is 5.92 Å². The Morgan fingerprint density at radius 1 is 1.48 bits per heavy atom. The molecule has 2 rings (SSSR count). The van der Waals surface area contributed by atoms with Crippen LogP contribution < -0.4 is 0 Å². The highest BCUT2D eigenvalue weighted by Gasteiger charge is 2.36. The summed E-state index contributed by atoms with van der Waals surface area (Å²) < 4.78 is 37.6. The molecule has 1 atom stereocenters. The van der Waals surface area contributed by atoms with E-state index in [-0.39, 0.29) is 19.0 Å². The fourth-order valence-corrected chi connectivity index (χ4v) is 2.73. The predicted octanol–water partition coefficient (Wildman–Crippen LogP) is 1.67. The predicted molar refractivity (Wildman–Crippen MR) is 75.5 cm³/mol. The third kappa shape index (κ3) is 4.46. The third-order valence-electron chi connectivity index (χ3n) is 3.85. The summed E-state index contributed by atoms with van der Waals surface area (Å²) in [6.07, 6.45) is -0.594. The van der Waals surface area contributed by atoms with Crippen LogP contribution in [-0.4, -0.2) is 63.9 Å². The van der Waals surface area contributed by atoms with Crippen LogP contribution in [0.3, 0.4) is 0 Å². The number of alkyl halides is 3. The Morgan fingerprint density at radius 3 is 2.78 bits per heavy atom. The number of rotatable bonds is 4. The normalized spacial score (nSPS) is 18.8. The van der Waals surface area contributed by atoms with Crippen LogP contribution in [0.1, 0.15) is 30.3 Å². The van der Waals surface area contributed by atoms with Crippen molar-refractivity contribution in [3.8, 4) is 0 Å². The van der Waals surface area contributed by atoms with Crippen LogP contribution >= 0.6 is 0 Å². The van der Waals surface area contributed by atoms with E-state index in [9.17, 15) is 22.8 Å². The summed E-state index contributed by atoms with van der Waals surface area (Å²) in [6.45, 7) is 0.856. The van der Waals surface area contributed by atoms with Crippen LogP contribution in [0.25, 0.3) is 0 Å². The molecule has 0 unspecified atom stereocenters. The quantitative estimate of drug-likeness (QED) is 0.912. The van der Waals surface area contributed by atoms with Crippen molar-refractivity contribution < 1.29 is 22.8 Å². The maximum absolute atomic E-state index is 12.5. The molecule has 6 nitrogen and oxygen atoms in total. The second-order valence-corrected chi connectivity index (χ2v) is 5.52. The van der Waals surface area contributed by atoms with Gasteiger partial charge in [0.1, 0.15) is 12.2 Å². The zero-order valence-corrected chi connectivity index (χ0v) is 12.8. The van der Waals surface area contributed by atoms with Gasteiger partial charge in [-0.1, -0.05) is 0 Å². The van der Waals surface area contributed by atoms with Crippen molar-refractivity contribution in [2.75, 3.05) is 26.2 Å². The van der Waals surface area contributed by atoms with Gasteiger partial charge in [-0.3, -0.25) is 9.59 Å². The van der Waals surface area contributed by atoms with Gasteiger partial charge in [-0.2, -0.15) is 13.2 Å². The minimum Gasteiger partial charge on any atom is -0.341 e. The number of nitrogens with zero attached hydrogens (tertiary/aromatic N) is 3. The lowest BCUT2D eigenvalue weighted by molar-refractivity contribution is -0.164. The second kappa shape index (κ2) is 7.01. The molecule has 9 heteroatoms. The Labute approximate surface area is 131 Å². The van der Waals surface area contributed by atoms with Gasteiger partial charge in [0.05, 0.1) is 18.4 Å². The molecule has 1 aromatic rings. The summed E-state index contributed by atoms with van der Waals surface area (Å²) >= 11 is 0. The standard InChI is InChI=1S/C14H19F3N4O2/c1-2-20(8-14(15,16)17)12(22)10-4-3-5-21(7-10)13(23)11-6-18-9-19-11/h6,9-10H,2-5,7-8H2,1H3,(H,18,19)/t10-/m1/s1. The molecule has 23 heavy (non-hydrogen) atoms. The number of carbonyl (C=O) groups excluding carboxylic acids is 2. The molecule has 1 aromatic heterocycles. The molecule has 2 heterocycles. The maximum atomic E-state index is 12.5. The molecule has 0 aliphatic carbocycles. The van der Waals surface area contributed by atoms with E-state index in [2.05, 4.69) is 9.97 Å². The topological polar surface area (TPSA) is 69.3 Å². The minimum atomic E-state index is -4.42. The summed E-state index contributed by atoms with van der Waals surface area (Å²) in [4.78, 5) is 33.3. The van der Waals surface area contributed by atoms with Crippen LogP contribution in [0.4, 0.5) is 13.2 Å². The van der Waals surface area contributed by atoms with Crippen molar-refractivity contribution in [1.82, 2.24) is 19.8 Å². The SMILES string of the molecule is CCN(CC(F)(F)F)C(=O)[C@@H]1CCCN(C(=O)c2cnc[nH]2)C1. The highest BCUT2D eigenvalue weighted by atomic mass is 19.4. The third-order valence-corrected chi connectivity index (χ3v) is 3.85. The summed E-state index contributed by atoms with van der Waals surface area (Å²) in [5.74, 6) is -1.44. The molecular formula is C14H19F3N4O2. The van der Waals surface area contributed by atoms with E-state index in [4.69, 9.17) is 0 Å². The molecule has 1 aliphatic rings. The fourth-order valence-electron chi connectivity index (χ4n) is 2.73. The monoisotopic (exact) mass is 332 g/mol.